The van der Waals surface area contributed by atoms with E-state index >= 15 is 0 Å². The maximum atomic E-state index is 12.0. The van der Waals surface area contributed by atoms with E-state index in [4.69, 9.17) is 0 Å². The summed E-state index contributed by atoms with van der Waals surface area (Å²) in [4.78, 5) is 16.0. The minimum Gasteiger partial charge on any atom is -0.349 e. The van der Waals surface area contributed by atoms with Gasteiger partial charge >= 0.3 is 0 Å². The number of hydrogen-bond donors (Lipinski definition) is 2. The van der Waals surface area contributed by atoms with Gasteiger partial charge in [-0.3, -0.25) is 9.78 Å². The summed E-state index contributed by atoms with van der Waals surface area (Å²) >= 11 is 0. The highest BCUT2D eigenvalue weighted by Crippen LogP contribution is 2.17. The van der Waals surface area contributed by atoms with Gasteiger partial charge in [-0.05, 0) is 37.1 Å². The van der Waals surface area contributed by atoms with Crippen molar-refractivity contribution < 1.29 is 4.79 Å². The molecule has 0 spiro atoms. The average molecular weight is 233 g/mol. The van der Waals surface area contributed by atoms with Crippen molar-refractivity contribution in [1.82, 2.24) is 15.6 Å². The summed E-state index contributed by atoms with van der Waals surface area (Å²) in [6, 6.07) is 4.02. The molecule has 1 saturated heterocycles. The van der Waals surface area contributed by atoms with Gasteiger partial charge in [-0.15, -0.1) is 0 Å². The molecule has 1 aromatic heterocycles. The molecule has 1 fully saturated rings. The van der Waals surface area contributed by atoms with Crippen molar-refractivity contribution in [2.24, 2.45) is 5.92 Å². The predicted molar refractivity (Wildman–Crippen MR) is 66.4 cm³/mol. The minimum atomic E-state index is 0.103. The van der Waals surface area contributed by atoms with Crippen molar-refractivity contribution in [2.45, 2.75) is 25.8 Å². The quantitative estimate of drug-likeness (QED) is 0.823. The topological polar surface area (TPSA) is 54.0 Å². The third-order valence-electron chi connectivity index (χ3n) is 3.26. The Bertz CT molecular complexity index is 360. The second-order valence-corrected chi connectivity index (χ2v) is 4.44. The van der Waals surface area contributed by atoms with Gasteiger partial charge in [0.25, 0.3) is 0 Å². The first kappa shape index (κ1) is 12.0. The maximum Gasteiger partial charge on any atom is 0.224 e. The van der Waals surface area contributed by atoms with Crippen LogP contribution in [0.1, 0.15) is 31.4 Å². The van der Waals surface area contributed by atoms with Gasteiger partial charge < -0.3 is 10.6 Å². The van der Waals surface area contributed by atoms with E-state index in [1.165, 1.54) is 0 Å². The molecule has 2 atom stereocenters. The number of rotatable bonds is 4. The molecule has 1 aromatic rings. The molecule has 2 N–H and O–H groups in total. The lowest BCUT2D eigenvalue weighted by atomic mass is 10.0. The number of carbonyl (C=O) groups excluding carboxylic acids is 1. The Morgan fingerprint density at radius 1 is 1.59 bits per heavy atom. The van der Waals surface area contributed by atoms with Gasteiger partial charge in [-0.1, -0.05) is 6.92 Å². The molecule has 0 radical (unpaired) electrons. The van der Waals surface area contributed by atoms with Crippen molar-refractivity contribution >= 4 is 5.91 Å². The molecule has 1 amide bonds. The molecular formula is C13H19N3O. The number of pyridine rings is 1. The van der Waals surface area contributed by atoms with Crippen LogP contribution in [0.15, 0.2) is 24.5 Å². The third-order valence-corrected chi connectivity index (χ3v) is 3.26. The van der Waals surface area contributed by atoms with Crippen LogP contribution >= 0.6 is 0 Å². The van der Waals surface area contributed by atoms with Crippen LogP contribution in [0.3, 0.4) is 0 Å². The van der Waals surface area contributed by atoms with Crippen molar-refractivity contribution in [3.8, 4) is 0 Å². The molecule has 0 bridgehead atoms. The molecule has 0 saturated carbocycles. The van der Waals surface area contributed by atoms with Gasteiger partial charge in [0.1, 0.15) is 0 Å². The summed E-state index contributed by atoms with van der Waals surface area (Å²) in [5, 5.41) is 6.33. The first-order valence-electron chi connectivity index (χ1n) is 6.22. The molecule has 0 aliphatic carbocycles. The van der Waals surface area contributed by atoms with Crippen LogP contribution < -0.4 is 10.6 Å². The highest BCUT2D eigenvalue weighted by Gasteiger charge is 2.24. The van der Waals surface area contributed by atoms with E-state index in [0.29, 0.717) is 0 Å². The summed E-state index contributed by atoms with van der Waals surface area (Å²) in [5.41, 5.74) is 1.13. The second kappa shape index (κ2) is 5.77. The maximum absolute atomic E-state index is 12.0. The van der Waals surface area contributed by atoms with Crippen LogP contribution in [0.5, 0.6) is 0 Å². The fourth-order valence-electron chi connectivity index (χ4n) is 2.18. The first-order chi connectivity index (χ1) is 8.31. The fourth-order valence-corrected chi connectivity index (χ4v) is 2.18. The Labute approximate surface area is 102 Å². The van der Waals surface area contributed by atoms with E-state index in [1.807, 2.05) is 12.1 Å². The van der Waals surface area contributed by atoms with Crippen LogP contribution in [0.4, 0.5) is 0 Å². The van der Waals surface area contributed by atoms with Crippen molar-refractivity contribution in [3.63, 3.8) is 0 Å². The Morgan fingerprint density at radius 3 is 2.94 bits per heavy atom. The van der Waals surface area contributed by atoms with Crippen molar-refractivity contribution in [1.29, 1.82) is 0 Å². The summed E-state index contributed by atoms with van der Waals surface area (Å²) in [7, 11) is 0. The average Bonchev–Trinajstić information content (AvgIpc) is 2.90. The summed E-state index contributed by atoms with van der Waals surface area (Å²) in [6.45, 7) is 3.83. The SMILES string of the molecule is CCC(NC(=O)C1CCNC1)c1ccncc1. The van der Waals surface area contributed by atoms with Crippen molar-refractivity contribution in [2.75, 3.05) is 13.1 Å². The molecule has 2 unspecified atom stereocenters. The summed E-state index contributed by atoms with van der Waals surface area (Å²) in [5.74, 6) is 0.296. The monoisotopic (exact) mass is 233 g/mol. The van der Waals surface area contributed by atoms with Gasteiger partial charge in [-0.25, -0.2) is 0 Å². The van der Waals surface area contributed by atoms with E-state index in [0.717, 1.165) is 31.5 Å². The second-order valence-electron chi connectivity index (χ2n) is 4.44. The Balaban J connectivity index is 1.97. The van der Waals surface area contributed by atoms with Crippen molar-refractivity contribution in [3.05, 3.63) is 30.1 Å². The standard InChI is InChI=1S/C13H19N3O/c1-2-12(10-3-6-14-7-4-10)16-13(17)11-5-8-15-9-11/h3-4,6-7,11-12,15H,2,5,8-9H2,1H3,(H,16,17). The number of carbonyl (C=O) groups is 1. The van der Waals surface area contributed by atoms with Gasteiger partial charge in [0.15, 0.2) is 0 Å². The zero-order chi connectivity index (χ0) is 12.1. The Morgan fingerprint density at radius 2 is 2.35 bits per heavy atom. The van der Waals surface area contributed by atoms with E-state index in [1.54, 1.807) is 12.4 Å². The molecule has 17 heavy (non-hydrogen) atoms. The largest absolute Gasteiger partial charge is 0.349 e. The fraction of sp³-hybridized carbons (Fsp3) is 0.538. The smallest absolute Gasteiger partial charge is 0.224 e. The highest BCUT2D eigenvalue weighted by molar-refractivity contribution is 5.79. The zero-order valence-corrected chi connectivity index (χ0v) is 10.1. The molecule has 2 rings (SSSR count). The number of amides is 1. The van der Waals surface area contributed by atoms with Crippen LogP contribution in [0.2, 0.25) is 0 Å². The van der Waals surface area contributed by atoms with Gasteiger partial charge in [0, 0.05) is 18.9 Å². The molecule has 1 aliphatic rings. The van der Waals surface area contributed by atoms with Crippen LogP contribution in [0.25, 0.3) is 0 Å². The lowest BCUT2D eigenvalue weighted by Crippen LogP contribution is -2.34. The molecule has 0 aromatic carbocycles. The lowest BCUT2D eigenvalue weighted by Gasteiger charge is -2.19. The number of nitrogens with zero attached hydrogens (tertiary/aromatic N) is 1. The zero-order valence-electron chi connectivity index (χ0n) is 10.1. The Kier molecular flexibility index (Phi) is 4.09. The van der Waals surface area contributed by atoms with Crippen LogP contribution in [-0.2, 0) is 4.79 Å². The molecule has 4 heteroatoms. The molecule has 4 nitrogen and oxygen atoms in total. The molecule has 92 valence electrons. The van der Waals surface area contributed by atoms with Crippen LogP contribution in [0, 0.1) is 5.92 Å². The summed E-state index contributed by atoms with van der Waals surface area (Å²) < 4.78 is 0. The third kappa shape index (κ3) is 3.03. The van der Waals surface area contributed by atoms with E-state index < -0.39 is 0 Å². The van der Waals surface area contributed by atoms with E-state index in [9.17, 15) is 4.79 Å². The van der Waals surface area contributed by atoms with Gasteiger partial charge in [0.2, 0.25) is 5.91 Å². The first-order valence-corrected chi connectivity index (χ1v) is 6.22. The predicted octanol–water partition coefficient (Wildman–Crippen LogP) is 1.26. The number of aromatic nitrogens is 1. The summed E-state index contributed by atoms with van der Waals surface area (Å²) in [6.07, 6.45) is 5.37. The highest BCUT2D eigenvalue weighted by atomic mass is 16.2. The lowest BCUT2D eigenvalue weighted by molar-refractivity contribution is -0.125. The Hall–Kier alpha value is -1.42. The van der Waals surface area contributed by atoms with Gasteiger partial charge in [0.05, 0.1) is 12.0 Å². The number of nitrogens with one attached hydrogen (secondary N) is 2. The molecule has 2 heterocycles. The minimum absolute atomic E-state index is 0.103. The van der Waals surface area contributed by atoms with E-state index in [2.05, 4.69) is 22.5 Å². The molecule has 1 aliphatic heterocycles. The van der Waals surface area contributed by atoms with E-state index in [-0.39, 0.29) is 17.9 Å². The van der Waals surface area contributed by atoms with Crippen LogP contribution in [-0.4, -0.2) is 24.0 Å². The normalized spacial score (nSPS) is 21.1. The number of hydrogen-bond acceptors (Lipinski definition) is 3. The van der Waals surface area contributed by atoms with Gasteiger partial charge in [-0.2, -0.15) is 0 Å². The molecular weight excluding hydrogens is 214 g/mol.